The normalized spacial score (nSPS) is 14.8. The fourth-order valence-electron chi connectivity index (χ4n) is 3.22. The Morgan fingerprint density at radius 3 is 1.97 bits per heavy atom. The van der Waals surface area contributed by atoms with Gasteiger partial charge >= 0.3 is 0 Å². The molecule has 172 valence electrons. The fourth-order valence-corrected chi connectivity index (χ4v) is 3.22. The molecule has 2 aliphatic rings. The van der Waals surface area contributed by atoms with Crippen LogP contribution in [0.25, 0.3) is 5.57 Å². The SMILES string of the molecule is CC(C)N(C)C.Cc1cccc2c1/C(=C/N(C)C)C(=O)N2.Cc1cccc2c1CC(=O)N2. The van der Waals surface area contributed by atoms with E-state index in [4.69, 9.17) is 0 Å². The maximum absolute atomic E-state index is 11.7. The monoisotopic (exact) mass is 436 g/mol. The first-order chi connectivity index (χ1) is 15.0. The van der Waals surface area contributed by atoms with Crippen LogP contribution in [0.5, 0.6) is 0 Å². The van der Waals surface area contributed by atoms with Crippen molar-refractivity contribution < 1.29 is 9.59 Å². The second kappa shape index (κ2) is 11.0. The Morgan fingerprint density at radius 1 is 0.875 bits per heavy atom. The molecule has 0 unspecified atom stereocenters. The number of nitrogens with zero attached hydrogens (tertiary/aromatic N) is 2. The van der Waals surface area contributed by atoms with Gasteiger partial charge in [-0.2, -0.15) is 0 Å². The first-order valence-electron chi connectivity index (χ1n) is 10.9. The lowest BCUT2D eigenvalue weighted by Crippen LogP contribution is -2.20. The Hall–Kier alpha value is -3.12. The van der Waals surface area contributed by atoms with Gasteiger partial charge in [0.2, 0.25) is 5.91 Å². The fraction of sp³-hybridized carbons (Fsp3) is 0.385. The van der Waals surface area contributed by atoms with Gasteiger partial charge in [0.15, 0.2) is 0 Å². The van der Waals surface area contributed by atoms with E-state index < -0.39 is 0 Å². The lowest BCUT2D eigenvalue weighted by atomic mass is 10.0. The highest BCUT2D eigenvalue weighted by molar-refractivity contribution is 6.31. The van der Waals surface area contributed by atoms with E-state index in [-0.39, 0.29) is 11.8 Å². The zero-order chi connectivity index (χ0) is 24.0. The average Bonchev–Trinajstić information content (AvgIpc) is 3.23. The van der Waals surface area contributed by atoms with Gasteiger partial charge in [0.1, 0.15) is 0 Å². The number of hydrogen-bond donors (Lipinski definition) is 2. The smallest absolute Gasteiger partial charge is 0.257 e. The van der Waals surface area contributed by atoms with Crippen molar-refractivity contribution in [3.8, 4) is 0 Å². The predicted molar refractivity (Wildman–Crippen MR) is 134 cm³/mol. The Morgan fingerprint density at radius 2 is 1.44 bits per heavy atom. The first-order valence-corrected chi connectivity index (χ1v) is 10.9. The number of anilines is 2. The number of nitrogens with one attached hydrogen (secondary N) is 2. The second-order valence-electron chi connectivity index (χ2n) is 8.84. The van der Waals surface area contributed by atoms with Crippen LogP contribution < -0.4 is 10.6 Å². The van der Waals surface area contributed by atoms with Gasteiger partial charge in [-0.05, 0) is 70.6 Å². The molecular formula is C26H36N4O2. The standard InChI is InChI=1S/C12H14N2O.C9H9NO.C5H13N/c1-8-5-4-6-10-11(8)9(7-14(2)3)12(15)13-10;1-6-3-2-4-8-7(6)5-9(11)10-8;1-5(2)6(3)4/h4-7H,1-3H3,(H,13,15);2-4H,5H2,1H3,(H,10,11);5H,1-4H3/b9-7-;;. The van der Waals surface area contributed by atoms with Crippen molar-refractivity contribution in [2.75, 3.05) is 38.8 Å². The number of fused-ring (bicyclic) bond motifs is 2. The lowest BCUT2D eigenvalue weighted by Gasteiger charge is -2.12. The quantitative estimate of drug-likeness (QED) is 0.689. The molecule has 4 rings (SSSR count). The number of carbonyl (C=O) groups excluding carboxylic acids is 2. The summed E-state index contributed by atoms with van der Waals surface area (Å²) < 4.78 is 0. The van der Waals surface area contributed by atoms with E-state index in [1.54, 1.807) is 0 Å². The van der Waals surface area contributed by atoms with E-state index in [2.05, 4.69) is 43.5 Å². The van der Waals surface area contributed by atoms with Crippen LogP contribution in [-0.2, 0) is 16.0 Å². The van der Waals surface area contributed by atoms with E-state index in [1.165, 1.54) is 5.56 Å². The number of amides is 2. The Kier molecular flexibility index (Phi) is 8.61. The second-order valence-corrected chi connectivity index (χ2v) is 8.84. The summed E-state index contributed by atoms with van der Waals surface area (Å²) in [5.41, 5.74) is 7.13. The summed E-state index contributed by atoms with van der Waals surface area (Å²) in [6.45, 7) is 8.38. The Balaban J connectivity index is 0.000000188. The molecule has 2 heterocycles. The van der Waals surface area contributed by atoms with Crippen molar-refractivity contribution in [3.63, 3.8) is 0 Å². The topological polar surface area (TPSA) is 64.7 Å². The van der Waals surface area contributed by atoms with E-state index >= 15 is 0 Å². The zero-order valence-electron chi connectivity index (χ0n) is 20.5. The highest BCUT2D eigenvalue weighted by Crippen LogP contribution is 2.34. The molecule has 0 saturated heterocycles. The van der Waals surface area contributed by atoms with Crippen LogP contribution in [0.1, 0.15) is 36.1 Å². The Bertz CT molecular complexity index is 1000. The molecule has 2 amide bonds. The third kappa shape index (κ3) is 6.44. The van der Waals surface area contributed by atoms with Gasteiger partial charge in [-0.3, -0.25) is 9.59 Å². The molecule has 2 N–H and O–H groups in total. The summed E-state index contributed by atoms with van der Waals surface area (Å²) in [6, 6.07) is 12.5. The van der Waals surface area contributed by atoms with Crippen LogP contribution in [0.15, 0.2) is 42.6 Å². The van der Waals surface area contributed by atoms with E-state index in [9.17, 15) is 9.59 Å². The lowest BCUT2D eigenvalue weighted by molar-refractivity contribution is -0.115. The summed E-state index contributed by atoms with van der Waals surface area (Å²) in [4.78, 5) is 26.7. The summed E-state index contributed by atoms with van der Waals surface area (Å²) >= 11 is 0. The van der Waals surface area contributed by atoms with Crippen molar-refractivity contribution in [2.45, 2.75) is 40.2 Å². The van der Waals surface area contributed by atoms with E-state index in [0.717, 1.165) is 33.6 Å². The molecule has 0 aromatic heterocycles. The number of hydrogen-bond acceptors (Lipinski definition) is 4. The molecule has 6 heteroatoms. The van der Waals surface area contributed by atoms with Crippen molar-refractivity contribution in [3.05, 3.63) is 64.9 Å². The van der Waals surface area contributed by atoms with Crippen LogP contribution >= 0.6 is 0 Å². The maximum Gasteiger partial charge on any atom is 0.257 e. The molecule has 6 nitrogen and oxygen atoms in total. The molecule has 0 saturated carbocycles. The van der Waals surface area contributed by atoms with Gasteiger partial charge in [-0.15, -0.1) is 0 Å². The Labute approximate surface area is 192 Å². The third-order valence-electron chi connectivity index (χ3n) is 5.48. The molecule has 0 aliphatic carbocycles. The molecule has 0 radical (unpaired) electrons. The zero-order valence-corrected chi connectivity index (χ0v) is 20.5. The van der Waals surface area contributed by atoms with Crippen LogP contribution in [0.4, 0.5) is 11.4 Å². The van der Waals surface area contributed by atoms with Crippen LogP contribution in [-0.4, -0.2) is 55.8 Å². The maximum atomic E-state index is 11.7. The minimum absolute atomic E-state index is 0.0204. The van der Waals surface area contributed by atoms with Gasteiger partial charge in [-0.1, -0.05) is 24.3 Å². The summed E-state index contributed by atoms with van der Waals surface area (Å²) in [7, 11) is 7.97. The number of rotatable bonds is 2. The van der Waals surface area contributed by atoms with E-state index in [1.807, 2.05) is 75.4 Å². The van der Waals surface area contributed by atoms with Gasteiger partial charge in [0.25, 0.3) is 5.91 Å². The molecule has 0 spiro atoms. The van der Waals surface area contributed by atoms with Crippen LogP contribution in [0, 0.1) is 13.8 Å². The van der Waals surface area contributed by atoms with E-state index in [0.29, 0.717) is 12.5 Å². The average molecular weight is 437 g/mol. The van der Waals surface area contributed by atoms with Crippen molar-refractivity contribution >= 4 is 28.8 Å². The van der Waals surface area contributed by atoms with Crippen LogP contribution in [0.2, 0.25) is 0 Å². The molecule has 0 fully saturated rings. The molecular weight excluding hydrogens is 400 g/mol. The number of carbonyl (C=O) groups is 2. The molecule has 0 bridgehead atoms. The van der Waals surface area contributed by atoms with Crippen LogP contribution in [0.3, 0.4) is 0 Å². The molecule has 2 aromatic carbocycles. The number of benzene rings is 2. The highest BCUT2D eigenvalue weighted by atomic mass is 16.2. The highest BCUT2D eigenvalue weighted by Gasteiger charge is 2.25. The largest absolute Gasteiger partial charge is 0.383 e. The molecule has 2 aliphatic heterocycles. The van der Waals surface area contributed by atoms with Gasteiger partial charge in [0, 0.05) is 43.3 Å². The van der Waals surface area contributed by atoms with Gasteiger partial charge in [-0.25, -0.2) is 0 Å². The molecule has 32 heavy (non-hydrogen) atoms. The summed E-state index contributed by atoms with van der Waals surface area (Å²) in [5.74, 6) is 0.0855. The summed E-state index contributed by atoms with van der Waals surface area (Å²) in [5, 5.41) is 5.66. The minimum Gasteiger partial charge on any atom is -0.383 e. The minimum atomic E-state index is -0.0204. The summed E-state index contributed by atoms with van der Waals surface area (Å²) in [6.07, 6.45) is 2.40. The van der Waals surface area contributed by atoms with Gasteiger partial charge < -0.3 is 20.4 Å². The van der Waals surface area contributed by atoms with Gasteiger partial charge in [0.05, 0.1) is 12.0 Å². The predicted octanol–water partition coefficient (Wildman–Crippen LogP) is 4.30. The first kappa shape index (κ1) is 25.1. The van der Waals surface area contributed by atoms with Crippen molar-refractivity contribution in [1.29, 1.82) is 0 Å². The number of aryl methyl sites for hydroxylation is 2. The molecule has 2 aromatic rings. The van der Waals surface area contributed by atoms with Crippen molar-refractivity contribution in [1.82, 2.24) is 9.80 Å². The van der Waals surface area contributed by atoms with Crippen molar-refractivity contribution in [2.24, 2.45) is 0 Å². The molecule has 0 atom stereocenters. The third-order valence-corrected chi connectivity index (χ3v) is 5.48.